The molecule has 0 unspecified atom stereocenters. The standard InChI is InChI=1S/C26H30ClNO3/c1-2-3-4-5-6-7-8-9-18-30-23-16-12-21(13-17-23)25-28-24(26(29)31-25)19-20-10-14-22(27)15-11-20/h10-17,19H,2-9,18H2,1H3/b24-19-. The lowest BCUT2D eigenvalue weighted by Crippen LogP contribution is -2.05. The molecule has 0 saturated carbocycles. The van der Waals surface area contributed by atoms with Crippen LogP contribution in [-0.2, 0) is 9.53 Å². The van der Waals surface area contributed by atoms with Crippen LogP contribution < -0.4 is 4.74 Å². The monoisotopic (exact) mass is 439 g/mol. The zero-order valence-electron chi connectivity index (χ0n) is 18.1. The summed E-state index contributed by atoms with van der Waals surface area (Å²) in [6, 6.07) is 14.7. The molecule has 0 fully saturated rings. The number of carbonyl (C=O) groups excluding carboxylic acids is 1. The maximum absolute atomic E-state index is 12.1. The van der Waals surface area contributed by atoms with Crippen LogP contribution >= 0.6 is 11.6 Å². The lowest BCUT2D eigenvalue weighted by atomic mass is 10.1. The van der Waals surface area contributed by atoms with E-state index >= 15 is 0 Å². The van der Waals surface area contributed by atoms with Gasteiger partial charge in [0.2, 0.25) is 5.90 Å². The van der Waals surface area contributed by atoms with Crippen molar-refractivity contribution in [1.29, 1.82) is 0 Å². The van der Waals surface area contributed by atoms with Gasteiger partial charge in [-0.25, -0.2) is 9.79 Å². The van der Waals surface area contributed by atoms with Crippen molar-refractivity contribution in [3.63, 3.8) is 0 Å². The van der Waals surface area contributed by atoms with Crippen molar-refractivity contribution < 1.29 is 14.3 Å². The highest BCUT2D eigenvalue weighted by molar-refractivity contribution is 6.30. The van der Waals surface area contributed by atoms with Gasteiger partial charge in [-0.05, 0) is 54.5 Å². The number of carbonyl (C=O) groups is 1. The Kier molecular flexibility index (Phi) is 9.16. The van der Waals surface area contributed by atoms with Crippen molar-refractivity contribution in [2.24, 2.45) is 4.99 Å². The molecule has 1 aliphatic rings. The Hall–Kier alpha value is -2.59. The number of halogens is 1. The molecule has 1 heterocycles. The van der Waals surface area contributed by atoms with E-state index in [0.717, 1.165) is 29.9 Å². The Morgan fingerprint density at radius 2 is 1.55 bits per heavy atom. The first kappa shape index (κ1) is 23.1. The Balaban J connectivity index is 1.45. The van der Waals surface area contributed by atoms with Gasteiger partial charge >= 0.3 is 5.97 Å². The second-order valence-electron chi connectivity index (χ2n) is 7.74. The number of hydrogen-bond acceptors (Lipinski definition) is 4. The molecular formula is C26H30ClNO3. The molecule has 0 spiro atoms. The number of cyclic esters (lactones) is 1. The molecule has 0 aliphatic carbocycles. The van der Waals surface area contributed by atoms with Gasteiger partial charge in [0.25, 0.3) is 0 Å². The summed E-state index contributed by atoms with van der Waals surface area (Å²) in [5, 5.41) is 0.644. The lowest BCUT2D eigenvalue weighted by molar-refractivity contribution is -0.129. The summed E-state index contributed by atoms with van der Waals surface area (Å²) >= 11 is 5.90. The Labute approximate surface area is 189 Å². The molecule has 0 aromatic heterocycles. The van der Waals surface area contributed by atoms with Crippen LogP contribution in [0.15, 0.2) is 59.2 Å². The van der Waals surface area contributed by atoms with E-state index in [-0.39, 0.29) is 5.70 Å². The van der Waals surface area contributed by atoms with E-state index in [0.29, 0.717) is 10.9 Å². The number of benzene rings is 2. The van der Waals surface area contributed by atoms with Gasteiger partial charge in [-0.2, -0.15) is 0 Å². The van der Waals surface area contributed by atoms with Crippen molar-refractivity contribution in [1.82, 2.24) is 0 Å². The highest BCUT2D eigenvalue weighted by atomic mass is 35.5. The highest BCUT2D eigenvalue weighted by Gasteiger charge is 2.24. The molecular weight excluding hydrogens is 410 g/mol. The first-order valence-corrected chi connectivity index (χ1v) is 11.5. The normalized spacial score (nSPS) is 14.6. The fraction of sp³-hybridized carbons (Fsp3) is 0.385. The van der Waals surface area contributed by atoms with Crippen molar-refractivity contribution in [3.05, 3.63) is 70.4 Å². The molecule has 164 valence electrons. The quantitative estimate of drug-likeness (QED) is 0.199. The summed E-state index contributed by atoms with van der Waals surface area (Å²) in [5.74, 6) is 0.661. The second-order valence-corrected chi connectivity index (χ2v) is 8.17. The molecule has 0 radical (unpaired) electrons. The van der Waals surface area contributed by atoms with Gasteiger partial charge in [0.1, 0.15) is 5.75 Å². The smallest absolute Gasteiger partial charge is 0.363 e. The summed E-state index contributed by atoms with van der Waals surface area (Å²) in [4.78, 5) is 16.5. The number of hydrogen-bond donors (Lipinski definition) is 0. The number of nitrogens with zero attached hydrogens (tertiary/aromatic N) is 1. The lowest BCUT2D eigenvalue weighted by Gasteiger charge is -2.07. The predicted molar refractivity (Wildman–Crippen MR) is 127 cm³/mol. The molecule has 3 rings (SSSR count). The van der Waals surface area contributed by atoms with Crippen LogP contribution in [0.5, 0.6) is 5.75 Å². The van der Waals surface area contributed by atoms with Crippen molar-refractivity contribution in [3.8, 4) is 5.75 Å². The minimum atomic E-state index is -0.458. The summed E-state index contributed by atoms with van der Waals surface area (Å²) in [5.41, 5.74) is 1.85. The maximum atomic E-state index is 12.1. The van der Waals surface area contributed by atoms with Crippen LogP contribution in [0.1, 0.15) is 69.4 Å². The number of esters is 1. The number of ether oxygens (including phenoxy) is 2. The van der Waals surface area contributed by atoms with Crippen LogP contribution in [0.25, 0.3) is 6.08 Å². The van der Waals surface area contributed by atoms with Crippen molar-refractivity contribution in [2.45, 2.75) is 58.3 Å². The number of rotatable bonds is 12. The maximum Gasteiger partial charge on any atom is 0.363 e. The van der Waals surface area contributed by atoms with Gasteiger partial charge in [0, 0.05) is 10.6 Å². The zero-order valence-corrected chi connectivity index (χ0v) is 18.9. The summed E-state index contributed by atoms with van der Waals surface area (Å²) in [7, 11) is 0. The van der Waals surface area contributed by atoms with Crippen LogP contribution in [0.4, 0.5) is 0 Å². The van der Waals surface area contributed by atoms with E-state index < -0.39 is 5.97 Å². The second kappa shape index (κ2) is 12.3. The first-order valence-electron chi connectivity index (χ1n) is 11.2. The van der Waals surface area contributed by atoms with E-state index in [1.165, 1.54) is 44.9 Å². The molecule has 0 amide bonds. The van der Waals surface area contributed by atoms with Crippen LogP contribution in [0.3, 0.4) is 0 Å². The third kappa shape index (κ3) is 7.55. The molecule has 0 N–H and O–H groups in total. The Morgan fingerprint density at radius 1 is 0.903 bits per heavy atom. The van der Waals surface area contributed by atoms with Gasteiger partial charge in [-0.3, -0.25) is 0 Å². The molecule has 4 nitrogen and oxygen atoms in total. The first-order chi connectivity index (χ1) is 15.2. The molecule has 0 saturated heterocycles. The predicted octanol–water partition coefficient (Wildman–Crippen LogP) is 7.20. The highest BCUT2D eigenvalue weighted by Crippen LogP contribution is 2.22. The average Bonchev–Trinajstić information content (AvgIpc) is 3.15. The van der Waals surface area contributed by atoms with Crippen molar-refractivity contribution in [2.75, 3.05) is 6.61 Å². The number of aliphatic imine (C=N–C) groups is 1. The van der Waals surface area contributed by atoms with E-state index in [9.17, 15) is 4.79 Å². The molecule has 2 aromatic carbocycles. The van der Waals surface area contributed by atoms with Crippen LogP contribution in [0.2, 0.25) is 5.02 Å². The topological polar surface area (TPSA) is 47.9 Å². The van der Waals surface area contributed by atoms with E-state index in [1.807, 2.05) is 36.4 Å². The molecule has 0 bridgehead atoms. The summed E-state index contributed by atoms with van der Waals surface area (Å²) in [6.07, 6.45) is 11.9. The van der Waals surface area contributed by atoms with Gasteiger partial charge in [-0.15, -0.1) is 0 Å². The summed E-state index contributed by atoms with van der Waals surface area (Å²) < 4.78 is 11.2. The van der Waals surface area contributed by atoms with Gasteiger partial charge < -0.3 is 9.47 Å². The van der Waals surface area contributed by atoms with Crippen molar-refractivity contribution >= 4 is 29.5 Å². The third-order valence-electron chi connectivity index (χ3n) is 5.16. The number of unbranched alkanes of at least 4 members (excludes halogenated alkanes) is 7. The van der Waals surface area contributed by atoms with E-state index in [2.05, 4.69) is 11.9 Å². The fourth-order valence-electron chi connectivity index (χ4n) is 3.37. The zero-order chi connectivity index (χ0) is 21.9. The molecule has 1 aliphatic heterocycles. The Bertz CT molecular complexity index is 901. The Morgan fingerprint density at radius 3 is 2.23 bits per heavy atom. The minimum absolute atomic E-state index is 0.271. The van der Waals surface area contributed by atoms with E-state index in [1.54, 1.807) is 18.2 Å². The van der Waals surface area contributed by atoms with Gasteiger partial charge in [0.05, 0.1) is 6.61 Å². The minimum Gasteiger partial charge on any atom is -0.494 e. The van der Waals surface area contributed by atoms with Crippen LogP contribution in [-0.4, -0.2) is 18.5 Å². The molecule has 0 atom stereocenters. The SMILES string of the molecule is CCCCCCCCCCOc1ccc(C2=N/C(=C\c3ccc(Cl)cc3)C(=O)O2)cc1. The van der Waals surface area contributed by atoms with Gasteiger partial charge in [0.15, 0.2) is 5.70 Å². The summed E-state index contributed by atoms with van der Waals surface area (Å²) in [6.45, 7) is 2.97. The fourth-order valence-corrected chi connectivity index (χ4v) is 3.50. The molecule has 5 heteroatoms. The largest absolute Gasteiger partial charge is 0.494 e. The average molecular weight is 440 g/mol. The third-order valence-corrected chi connectivity index (χ3v) is 5.41. The molecule has 2 aromatic rings. The van der Waals surface area contributed by atoms with Gasteiger partial charge in [-0.1, -0.05) is 75.6 Å². The van der Waals surface area contributed by atoms with E-state index in [4.69, 9.17) is 21.1 Å². The van der Waals surface area contributed by atoms with Crippen LogP contribution in [0, 0.1) is 0 Å². The molecule has 31 heavy (non-hydrogen) atoms.